The minimum atomic E-state index is 0.246. The highest BCUT2D eigenvalue weighted by Gasteiger charge is 2.43. The van der Waals surface area contributed by atoms with Gasteiger partial charge in [0.05, 0.1) is 25.3 Å². The van der Waals surface area contributed by atoms with E-state index in [1.165, 1.54) is 0 Å². The van der Waals surface area contributed by atoms with Gasteiger partial charge in [-0.2, -0.15) is 4.98 Å². The van der Waals surface area contributed by atoms with Gasteiger partial charge in [0, 0.05) is 47.7 Å². The van der Waals surface area contributed by atoms with Gasteiger partial charge in [-0.1, -0.05) is 12.1 Å². The van der Waals surface area contributed by atoms with E-state index in [2.05, 4.69) is 25.4 Å². The summed E-state index contributed by atoms with van der Waals surface area (Å²) in [7, 11) is 0. The Balaban J connectivity index is 1.16. The van der Waals surface area contributed by atoms with Crippen molar-refractivity contribution in [2.45, 2.75) is 50.7 Å². The van der Waals surface area contributed by atoms with Crippen molar-refractivity contribution in [2.75, 3.05) is 43.5 Å². The standard InChI is InChI=1S/C25H31N7O2S/c1-16-14-26-25(35-16)30-23-20-4-2-3-5-21(20)28-24(29-23)27-17-12-18-6-7-19(13-17)32(18)22(33)15-31-8-10-34-11-9-31/h2-5,14,17-19H,6-13,15H2,1H3,(H2,26,27,28,29,30)/t17-,18-,19+. The van der Waals surface area contributed by atoms with E-state index in [1.807, 2.05) is 37.4 Å². The number of anilines is 3. The fourth-order valence-corrected chi connectivity index (χ4v) is 6.33. The first-order valence-corrected chi connectivity index (χ1v) is 13.3. The number of thiazole rings is 1. The van der Waals surface area contributed by atoms with Crippen molar-refractivity contribution in [1.29, 1.82) is 0 Å². The van der Waals surface area contributed by atoms with Gasteiger partial charge < -0.3 is 20.3 Å². The maximum atomic E-state index is 13.1. The average Bonchev–Trinajstić information content (AvgIpc) is 3.39. The van der Waals surface area contributed by atoms with E-state index in [4.69, 9.17) is 14.7 Å². The zero-order valence-corrected chi connectivity index (χ0v) is 20.8. The van der Waals surface area contributed by atoms with Crippen LogP contribution in [0, 0.1) is 6.92 Å². The third-order valence-corrected chi connectivity index (χ3v) is 8.09. The normalized spacial score (nSPS) is 24.6. The van der Waals surface area contributed by atoms with Gasteiger partial charge in [0.1, 0.15) is 5.82 Å². The molecule has 2 aromatic heterocycles. The van der Waals surface area contributed by atoms with Gasteiger partial charge in [-0.15, -0.1) is 11.3 Å². The lowest BCUT2D eigenvalue weighted by Crippen LogP contribution is -2.53. The van der Waals surface area contributed by atoms with Gasteiger partial charge >= 0.3 is 0 Å². The molecule has 6 rings (SSSR count). The first kappa shape index (κ1) is 22.6. The van der Waals surface area contributed by atoms with Crippen LogP contribution in [0.4, 0.5) is 16.9 Å². The Morgan fingerprint density at radius 3 is 2.66 bits per heavy atom. The van der Waals surface area contributed by atoms with Gasteiger partial charge in [-0.3, -0.25) is 9.69 Å². The van der Waals surface area contributed by atoms with Crippen LogP contribution >= 0.6 is 11.3 Å². The molecule has 0 unspecified atom stereocenters. The van der Waals surface area contributed by atoms with Crippen LogP contribution < -0.4 is 10.6 Å². The van der Waals surface area contributed by atoms with Crippen molar-refractivity contribution >= 4 is 45.0 Å². The maximum absolute atomic E-state index is 13.1. The van der Waals surface area contributed by atoms with Crippen LogP contribution in [-0.4, -0.2) is 81.6 Å². The lowest BCUT2D eigenvalue weighted by Gasteiger charge is -2.40. The fraction of sp³-hybridized carbons (Fsp3) is 0.520. The highest BCUT2D eigenvalue weighted by atomic mass is 32.1. The van der Waals surface area contributed by atoms with Gasteiger partial charge in [0.25, 0.3) is 0 Å². The Morgan fingerprint density at radius 2 is 1.91 bits per heavy atom. The molecule has 2 bridgehead atoms. The van der Waals surface area contributed by atoms with E-state index in [-0.39, 0.29) is 24.0 Å². The van der Waals surface area contributed by atoms with Crippen molar-refractivity contribution in [3.8, 4) is 0 Å². The van der Waals surface area contributed by atoms with E-state index in [9.17, 15) is 4.79 Å². The summed E-state index contributed by atoms with van der Waals surface area (Å²) in [6, 6.07) is 8.86. The van der Waals surface area contributed by atoms with Crippen LogP contribution in [0.15, 0.2) is 30.5 Å². The zero-order valence-electron chi connectivity index (χ0n) is 19.9. The number of rotatable bonds is 6. The number of benzene rings is 1. The molecule has 10 heteroatoms. The number of aryl methyl sites for hydroxylation is 1. The van der Waals surface area contributed by atoms with E-state index < -0.39 is 0 Å². The van der Waals surface area contributed by atoms with E-state index in [0.717, 1.165) is 78.7 Å². The molecule has 184 valence electrons. The number of morpholine rings is 1. The van der Waals surface area contributed by atoms with Crippen molar-refractivity contribution in [3.63, 3.8) is 0 Å². The molecule has 0 radical (unpaired) electrons. The first-order chi connectivity index (χ1) is 17.1. The monoisotopic (exact) mass is 493 g/mol. The number of piperidine rings is 1. The van der Waals surface area contributed by atoms with E-state index in [0.29, 0.717) is 12.5 Å². The third-order valence-electron chi connectivity index (χ3n) is 7.27. The number of aromatic nitrogens is 3. The van der Waals surface area contributed by atoms with Crippen molar-refractivity contribution < 1.29 is 9.53 Å². The molecule has 3 fully saturated rings. The molecule has 2 N–H and O–H groups in total. The smallest absolute Gasteiger partial charge is 0.237 e. The quantitative estimate of drug-likeness (QED) is 0.540. The summed E-state index contributed by atoms with van der Waals surface area (Å²) in [5.74, 6) is 1.65. The Bertz CT molecular complexity index is 1200. The Hall–Kier alpha value is -2.82. The summed E-state index contributed by atoms with van der Waals surface area (Å²) in [6.45, 7) is 5.67. The number of para-hydroxylation sites is 1. The predicted octanol–water partition coefficient (Wildman–Crippen LogP) is 3.40. The molecule has 9 nitrogen and oxygen atoms in total. The van der Waals surface area contributed by atoms with Crippen LogP contribution in [0.2, 0.25) is 0 Å². The average molecular weight is 494 g/mol. The molecular weight excluding hydrogens is 462 g/mol. The van der Waals surface area contributed by atoms with Gasteiger partial charge in [0.15, 0.2) is 5.13 Å². The number of hydrogen-bond donors (Lipinski definition) is 2. The molecule has 0 aliphatic carbocycles. The molecule has 1 amide bonds. The SMILES string of the molecule is Cc1cnc(Nc2nc(N[C@@H]3C[C@H]4CC[C@@H](C3)N4C(=O)CN3CCOCC3)nc3ccccc23)s1. The van der Waals surface area contributed by atoms with Gasteiger partial charge in [-0.05, 0) is 44.7 Å². The first-order valence-electron chi connectivity index (χ1n) is 12.5. The molecule has 0 saturated carbocycles. The van der Waals surface area contributed by atoms with E-state index in [1.54, 1.807) is 11.3 Å². The second-order valence-electron chi connectivity index (χ2n) is 9.70. The summed E-state index contributed by atoms with van der Waals surface area (Å²) in [4.78, 5) is 32.8. The van der Waals surface area contributed by atoms with Crippen LogP contribution in [-0.2, 0) is 9.53 Å². The second-order valence-corrected chi connectivity index (χ2v) is 10.9. The number of carbonyl (C=O) groups excluding carboxylic acids is 1. The summed E-state index contributed by atoms with van der Waals surface area (Å²) >= 11 is 1.61. The third kappa shape index (κ3) is 4.82. The summed E-state index contributed by atoms with van der Waals surface area (Å²) in [5.41, 5.74) is 0.891. The van der Waals surface area contributed by atoms with Crippen molar-refractivity contribution in [3.05, 3.63) is 35.3 Å². The van der Waals surface area contributed by atoms with Crippen LogP contribution in [0.3, 0.4) is 0 Å². The molecule has 5 heterocycles. The highest BCUT2D eigenvalue weighted by molar-refractivity contribution is 7.15. The minimum absolute atomic E-state index is 0.246. The molecule has 3 atom stereocenters. The Labute approximate surface area is 208 Å². The van der Waals surface area contributed by atoms with Gasteiger partial charge in [-0.25, -0.2) is 9.97 Å². The lowest BCUT2D eigenvalue weighted by molar-refractivity contribution is -0.137. The molecule has 1 aromatic carbocycles. The van der Waals surface area contributed by atoms with Crippen molar-refractivity contribution in [1.82, 2.24) is 24.8 Å². The molecular formula is C25H31N7O2S. The van der Waals surface area contributed by atoms with Crippen LogP contribution in [0.25, 0.3) is 10.9 Å². The zero-order chi connectivity index (χ0) is 23.8. The molecule has 3 aromatic rings. The molecule has 3 aliphatic heterocycles. The maximum Gasteiger partial charge on any atom is 0.237 e. The number of nitrogens with zero attached hydrogens (tertiary/aromatic N) is 5. The number of amides is 1. The van der Waals surface area contributed by atoms with Crippen molar-refractivity contribution in [2.24, 2.45) is 0 Å². The van der Waals surface area contributed by atoms with Crippen LogP contribution in [0.1, 0.15) is 30.6 Å². The summed E-state index contributed by atoms with van der Waals surface area (Å²) in [6.07, 6.45) is 5.87. The molecule has 35 heavy (non-hydrogen) atoms. The largest absolute Gasteiger partial charge is 0.379 e. The van der Waals surface area contributed by atoms with Gasteiger partial charge in [0.2, 0.25) is 11.9 Å². The number of fused-ring (bicyclic) bond motifs is 3. The second kappa shape index (κ2) is 9.67. The summed E-state index contributed by atoms with van der Waals surface area (Å²) in [5, 5.41) is 8.78. The topological polar surface area (TPSA) is 95.5 Å². The Morgan fingerprint density at radius 1 is 1.14 bits per heavy atom. The highest BCUT2D eigenvalue weighted by Crippen LogP contribution is 2.37. The molecule has 3 saturated heterocycles. The number of carbonyl (C=O) groups is 1. The number of ether oxygens (including phenoxy) is 1. The number of hydrogen-bond acceptors (Lipinski definition) is 9. The Kier molecular flexibility index (Phi) is 6.26. The lowest BCUT2D eigenvalue weighted by atomic mass is 9.97. The summed E-state index contributed by atoms with van der Waals surface area (Å²) < 4.78 is 5.43. The fourth-order valence-electron chi connectivity index (χ4n) is 5.67. The van der Waals surface area contributed by atoms with Crippen LogP contribution in [0.5, 0.6) is 0 Å². The van der Waals surface area contributed by atoms with E-state index >= 15 is 0 Å². The molecule has 3 aliphatic rings. The minimum Gasteiger partial charge on any atom is -0.379 e. The molecule has 0 spiro atoms. The predicted molar refractivity (Wildman–Crippen MR) is 137 cm³/mol. The number of nitrogens with one attached hydrogen (secondary N) is 2.